The summed E-state index contributed by atoms with van der Waals surface area (Å²) in [4.78, 5) is 8.86. The molecule has 1 aromatic heterocycles. The van der Waals surface area contributed by atoms with Crippen LogP contribution in [0.2, 0.25) is 5.15 Å². The fourth-order valence-corrected chi connectivity index (χ4v) is 2.29. The van der Waals surface area contributed by atoms with Crippen molar-refractivity contribution in [1.29, 1.82) is 0 Å². The molecule has 0 aromatic carbocycles. The van der Waals surface area contributed by atoms with Crippen LogP contribution >= 0.6 is 11.6 Å². The highest BCUT2D eigenvalue weighted by Crippen LogP contribution is 2.25. The zero-order valence-corrected chi connectivity index (χ0v) is 11.5. The molecule has 0 bridgehead atoms. The molecule has 1 fully saturated rings. The van der Waals surface area contributed by atoms with Gasteiger partial charge in [-0.3, -0.25) is 0 Å². The Morgan fingerprint density at radius 1 is 1.24 bits per heavy atom. The number of hydrogen-bond acceptors (Lipinski definition) is 3. The fourth-order valence-electron chi connectivity index (χ4n) is 2.11. The van der Waals surface area contributed by atoms with E-state index in [9.17, 15) is 0 Å². The molecule has 2 rings (SSSR count). The highest BCUT2D eigenvalue weighted by molar-refractivity contribution is 6.29. The topological polar surface area (TPSA) is 37.8 Å². The van der Waals surface area contributed by atoms with Crippen LogP contribution in [0.15, 0.2) is 6.07 Å². The third-order valence-corrected chi connectivity index (χ3v) is 3.27. The van der Waals surface area contributed by atoms with Crippen molar-refractivity contribution in [1.82, 2.24) is 9.97 Å². The summed E-state index contributed by atoms with van der Waals surface area (Å²) < 4.78 is 0. The van der Waals surface area contributed by atoms with Gasteiger partial charge in [0.1, 0.15) is 16.8 Å². The smallest absolute Gasteiger partial charge is 0.137 e. The van der Waals surface area contributed by atoms with Crippen LogP contribution in [0.1, 0.15) is 52.3 Å². The monoisotopic (exact) mass is 253 g/mol. The SMILES string of the molecule is CC(C)(C)c1nc(Cl)cc(NC2CCCC2)n1. The summed E-state index contributed by atoms with van der Waals surface area (Å²) in [6.07, 6.45) is 5.07. The Balaban J connectivity index is 2.19. The molecule has 0 radical (unpaired) electrons. The van der Waals surface area contributed by atoms with Gasteiger partial charge in [-0.1, -0.05) is 45.2 Å². The third kappa shape index (κ3) is 3.32. The number of anilines is 1. The molecule has 3 nitrogen and oxygen atoms in total. The minimum absolute atomic E-state index is 0.0724. The van der Waals surface area contributed by atoms with Crippen LogP contribution in [-0.4, -0.2) is 16.0 Å². The number of nitrogens with zero attached hydrogens (tertiary/aromatic N) is 2. The van der Waals surface area contributed by atoms with Gasteiger partial charge in [0.05, 0.1) is 0 Å². The summed E-state index contributed by atoms with van der Waals surface area (Å²) in [5, 5.41) is 3.98. The lowest BCUT2D eigenvalue weighted by molar-refractivity contribution is 0.545. The first-order valence-electron chi connectivity index (χ1n) is 6.27. The Hall–Kier alpha value is -0.830. The van der Waals surface area contributed by atoms with Crippen LogP contribution in [0.4, 0.5) is 5.82 Å². The molecular weight excluding hydrogens is 234 g/mol. The van der Waals surface area contributed by atoms with Gasteiger partial charge in [-0.2, -0.15) is 0 Å². The molecule has 1 N–H and O–H groups in total. The summed E-state index contributed by atoms with van der Waals surface area (Å²) in [7, 11) is 0. The summed E-state index contributed by atoms with van der Waals surface area (Å²) in [6.45, 7) is 6.29. The highest BCUT2D eigenvalue weighted by Gasteiger charge is 2.20. The highest BCUT2D eigenvalue weighted by atomic mass is 35.5. The Morgan fingerprint density at radius 2 is 1.88 bits per heavy atom. The van der Waals surface area contributed by atoms with E-state index >= 15 is 0 Å². The lowest BCUT2D eigenvalue weighted by Crippen LogP contribution is -2.20. The molecule has 1 aliphatic rings. The van der Waals surface area contributed by atoms with Gasteiger partial charge in [-0.15, -0.1) is 0 Å². The van der Waals surface area contributed by atoms with Crippen molar-refractivity contribution in [2.75, 3.05) is 5.32 Å². The quantitative estimate of drug-likeness (QED) is 0.815. The predicted molar refractivity (Wildman–Crippen MR) is 71.6 cm³/mol. The van der Waals surface area contributed by atoms with Gasteiger partial charge < -0.3 is 5.32 Å². The normalized spacial score (nSPS) is 17.4. The van der Waals surface area contributed by atoms with Crippen LogP contribution < -0.4 is 5.32 Å². The summed E-state index contributed by atoms with van der Waals surface area (Å²) >= 11 is 6.05. The minimum atomic E-state index is -0.0724. The van der Waals surface area contributed by atoms with Crippen molar-refractivity contribution in [3.8, 4) is 0 Å². The molecule has 1 saturated carbocycles. The van der Waals surface area contributed by atoms with E-state index < -0.39 is 0 Å². The molecule has 1 aliphatic carbocycles. The molecule has 0 unspecified atom stereocenters. The standard InChI is InChI=1S/C13H20ClN3/c1-13(2,3)12-16-10(14)8-11(17-12)15-9-6-4-5-7-9/h8-9H,4-7H2,1-3H3,(H,15,16,17). The minimum Gasteiger partial charge on any atom is -0.367 e. The van der Waals surface area contributed by atoms with E-state index in [1.54, 1.807) is 0 Å². The molecule has 0 atom stereocenters. The number of aromatic nitrogens is 2. The van der Waals surface area contributed by atoms with Gasteiger partial charge in [0.15, 0.2) is 0 Å². The average molecular weight is 254 g/mol. The van der Waals surface area contributed by atoms with Crippen molar-refractivity contribution in [3.05, 3.63) is 17.0 Å². The Bertz CT molecular complexity index is 392. The Labute approximate surface area is 108 Å². The van der Waals surface area contributed by atoms with E-state index in [-0.39, 0.29) is 5.41 Å². The van der Waals surface area contributed by atoms with Crippen molar-refractivity contribution in [2.24, 2.45) is 0 Å². The molecule has 1 heterocycles. The molecule has 0 spiro atoms. The lowest BCUT2D eigenvalue weighted by atomic mass is 9.96. The van der Waals surface area contributed by atoms with Crippen LogP contribution in [-0.2, 0) is 5.41 Å². The van der Waals surface area contributed by atoms with Crippen LogP contribution in [0.3, 0.4) is 0 Å². The Morgan fingerprint density at radius 3 is 2.47 bits per heavy atom. The molecule has 0 aliphatic heterocycles. The average Bonchev–Trinajstić information content (AvgIpc) is 2.68. The molecule has 17 heavy (non-hydrogen) atoms. The van der Waals surface area contributed by atoms with Gasteiger partial charge in [0.25, 0.3) is 0 Å². The Kier molecular flexibility index (Phi) is 3.57. The first-order chi connectivity index (χ1) is 7.95. The first kappa shape index (κ1) is 12.6. The fraction of sp³-hybridized carbons (Fsp3) is 0.692. The second-order valence-corrected chi connectivity index (χ2v) is 6.16. The lowest BCUT2D eigenvalue weighted by Gasteiger charge is -2.19. The summed E-state index contributed by atoms with van der Waals surface area (Å²) in [5.41, 5.74) is -0.0724. The van der Waals surface area contributed by atoms with Crippen molar-refractivity contribution in [3.63, 3.8) is 0 Å². The number of nitrogens with one attached hydrogen (secondary N) is 1. The van der Waals surface area contributed by atoms with Gasteiger partial charge in [-0.05, 0) is 12.8 Å². The maximum atomic E-state index is 6.05. The van der Waals surface area contributed by atoms with E-state index in [0.717, 1.165) is 11.6 Å². The summed E-state index contributed by atoms with van der Waals surface area (Å²) in [5.74, 6) is 1.66. The second-order valence-electron chi connectivity index (χ2n) is 5.78. The zero-order chi connectivity index (χ0) is 12.5. The van der Waals surface area contributed by atoms with E-state index in [0.29, 0.717) is 11.2 Å². The van der Waals surface area contributed by atoms with Crippen LogP contribution in [0.25, 0.3) is 0 Å². The van der Waals surface area contributed by atoms with Gasteiger partial charge in [0.2, 0.25) is 0 Å². The van der Waals surface area contributed by atoms with E-state index in [1.165, 1.54) is 25.7 Å². The first-order valence-corrected chi connectivity index (χ1v) is 6.64. The van der Waals surface area contributed by atoms with Crippen LogP contribution in [0, 0.1) is 0 Å². The van der Waals surface area contributed by atoms with Gasteiger partial charge in [0, 0.05) is 17.5 Å². The van der Waals surface area contributed by atoms with Gasteiger partial charge in [-0.25, -0.2) is 9.97 Å². The van der Waals surface area contributed by atoms with Gasteiger partial charge >= 0.3 is 0 Å². The molecule has 4 heteroatoms. The molecule has 1 aromatic rings. The van der Waals surface area contributed by atoms with E-state index in [4.69, 9.17) is 11.6 Å². The van der Waals surface area contributed by atoms with Crippen LogP contribution in [0.5, 0.6) is 0 Å². The van der Waals surface area contributed by atoms with Crippen molar-refractivity contribution >= 4 is 17.4 Å². The molecular formula is C13H20ClN3. The molecule has 0 amide bonds. The maximum Gasteiger partial charge on any atom is 0.137 e. The number of hydrogen-bond donors (Lipinski definition) is 1. The molecule has 94 valence electrons. The zero-order valence-electron chi connectivity index (χ0n) is 10.8. The number of halogens is 1. The predicted octanol–water partition coefficient (Wildman–Crippen LogP) is 3.78. The largest absolute Gasteiger partial charge is 0.367 e. The molecule has 0 saturated heterocycles. The second kappa shape index (κ2) is 4.81. The van der Waals surface area contributed by atoms with E-state index in [1.807, 2.05) is 6.07 Å². The summed E-state index contributed by atoms with van der Waals surface area (Å²) in [6, 6.07) is 2.36. The third-order valence-electron chi connectivity index (χ3n) is 3.07. The number of rotatable bonds is 2. The maximum absolute atomic E-state index is 6.05. The van der Waals surface area contributed by atoms with Crippen molar-refractivity contribution < 1.29 is 0 Å². The van der Waals surface area contributed by atoms with Crippen molar-refractivity contribution in [2.45, 2.75) is 57.9 Å². The van der Waals surface area contributed by atoms with E-state index in [2.05, 4.69) is 36.1 Å².